The number of rotatable bonds is 3. The van der Waals surface area contributed by atoms with Crippen molar-refractivity contribution >= 4 is 22.2 Å². The molecular formula is C13H17N3S. The van der Waals surface area contributed by atoms with Gasteiger partial charge in [-0.1, -0.05) is 6.07 Å². The van der Waals surface area contributed by atoms with Crippen molar-refractivity contribution in [2.24, 2.45) is 5.73 Å². The smallest absolute Gasteiger partial charge is 0.189 e. The molecule has 3 nitrogen and oxygen atoms in total. The summed E-state index contributed by atoms with van der Waals surface area (Å²) in [6.07, 6.45) is 0. The molecule has 90 valence electrons. The van der Waals surface area contributed by atoms with Gasteiger partial charge in [-0.25, -0.2) is 4.98 Å². The van der Waals surface area contributed by atoms with Crippen molar-refractivity contribution in [3.8, 4) is 0 Å². The van der Waals surface area contributed by atoms with Crippen LogP contribution in [0.3, 0.4) is 0 Å². The third-order valence-corrected chi connectivity index (χ3v) is 3.60. The number of aromatic nitrogens is 1. The summed E-state index contributed by atoms with van der Waals surface area (Å²) in [4.78, 5) is 6.58. The maximum absolute atomic E-state index is 5.58. The fourth-order valence-corrected chi connectivity index (χ4v) is 2.62. The summed E-state index contributed by atoms with van der Waals surface area (Å²) in [6.45, 7) is 4.71. The molecule has 0 aliphatic carbocycles. The standard InChI is InChI=1S/C13H17N3S/c1-9-4-10(2)6-12(5-9)16(3)13-15-11(7-14)8-17-13/h4-6,8H,7,14H2,1-3H3. The summed E-state index contributed by atoms with van der Waals surface area (Å²) >= 11 is 1.62. The monoisotopic (exact) mass is 247 g/mol. The van der Waals surface area contributed by atoms with E-state index in [1.54, 1.807) is 11.3 Å². The molecule has 2 aromatic rings. The molecule has 0 aliphatic heterocycles. The van der Waals surface area contributed by atoms with E-state index in [4.69, 9.17) is 5.73 Å². The second-order valence-electron chi connectivity index (χ2n) is 4.23. The zero-order valence-corrected chi connectivity index (χ0v) is 11.2. The molecule has 0 amide bonds. The Labute approximate surface area is 106 Å². The molecule has 0 radical (unpaired) electrons. The van der Waals surface area contributed by atoms with Crippen LogP contribution in [0.5, 0.6) is 0 Å². The molecule has 0 saturated carbocycles. The van der Waals surface area contributed by atoms with E-state index in [1.165, 1.54) is 16.8 Å². The van der Waals surface area contributed by atoms with Crippen LogP contribution in [0.4, 0.5) is 10.8 Å². The Hall–Kier alpha value is -1.39. The van der Waals surface area contributed by atoms with Crippen molar-refractivity contribution in [3.05, 3.63) is 40.4 Å². The van der Waals surface area contributed by atoms with E-state index in [2.05, 4.69) is 41.9 Å². The van der Waals surface area contributed by atoms with Crippen LogP contribution >= 0.6 is 11.3 Å². The molecule has 1 aromatic heterocycles. The first kappa shape index (κ1) is 12.1. The van der Waals surface area contributed by atoms with Crippen LogP contribution in [-0.2, 0) is 6.54 Å². The number of hydrogen-bond donors (Lipinski definition) is 1. The van der Waals surface area contributed by atoms with Crippen LogP contribution in [0.1, 0.15) is 16.8 Å². The van der Waals surface area contributed by atoms with Crippen molar-refractivity contribution in [2.75, 3.05) is 11.9 Å². The Morgan fingerprint density at radius 2 is 1.88 bits per heavy atom. The zero-order valence-electron chi connectivity index (χ0n) is 10.4. The predicted molar refractivity (Wildman–Crippen MR) is 74.0 cm³/mol. The topological polar surface area (TPSA) is 42.2 Å². The first-order chi connectivity index (χ1) is 8.10. The number of aryl methyl sites for hydroxylation is 2. The zero-order chi connectivity index (χ0) is 12.4. The maximum atomic E-state index is 5.58. The van der Waals surface area contributed by atoms with Crippen LogP contribution in [-0.4, -0.2) is 12.0 Å². The lowest BCUT2D eigenvalue weighted by atomic mass is 10.1. The Balaban J connectivity index is 2.32. The number of nitrogens with zero attached hydrogens (tertiary/aromatic N) is 2. The van der Waals surface area contributed by atoms with E-state index in [0.29, 0.717) is 6.54 Å². The van der Waals surface area contributed by atoms with Crippen molar-refractivity contribution in [1.29, 1.82) is 0 Å². The second-order valence-corrected chi connectivity index (χ2v) is 5.07. The highest BCUT2D eigenvalue weighted by Gasteiger charge is 2.09. The molecule has 0 saturated heterocycles. The molecule has 0 aliphatic rings. The minimum Gasteiger partial charge on any atom is -0.325 e. The van der Waals surface area contributed by atoms with Gasteiger partial charge in [0, 0.05) is 24.7 Å². The van der Waals surface area contributed by atoms with Crippen LogP contribution in [0.15, 0.2) is 23.6 Å². The SMILES string of the molecule is Cc1cc(C)cc(N(C)c2nc(CN)cs2)c1. The van der Waals surface area contributed by atoms with E-state index in [-0.39, 0.29) is 0 Å². The number of thiazole rings is 1. The van der Waals surface area contributed by atoms with E-state index in [1.807, 2.05) is 12.4 Å². The molecule has 0 atom stereocenters. The molecule has 0 bridgehead atoms. The first-order valence-corrected chi connectivity index (χ1v) is 6.44. The number of anilines is 2. The molecule has 17 heavy (non-hydrogen) atoms. The highest BCUT2D eigenvalue weighted by atomic mass is 32.1. The predicted octanol–water partition coefficient (Wildman–Crippen LogP) is 2.99. The average molecular weight is 247 g/mol. The Morgan fingerprint density at radius 3 is 2.41 bits per heavy atom. The van der Waals surface area contributed by atoms with Gasteiger partial charge in [0.1, 0.15) is 0 Å². The Kier molecular flexibility index (Phi) is 3.45. The third-order valence-electron chi connectivity index (χ3n) is 2.63. The normalized spacial score (nSPS) is 10.6. The van der Waals surface area contributed by atoms with Gasteiger partial charge in [0.25, 0.3) is 0 Å². The minimum atomic E-state index is 0.497. The highest BCUT2D eigenvalue weighted by molar-refractivity contribution is 7.13. The van der Waals surface area contributed by atoms with Crippen LogP contribution in [0, 0.1) is 13.8 Å². The second kappa shape index (κ2) is 4.85. The Morgan fingerprint density at radius 1 is 1.24 bits per heavy atom. The Bertz CT molecular complexity index is 499. The number of benzene rings is 1. The molecule has 1 aromatic carbocycles. The van der Waals surface area contributed by atoms with Crippen LogP contribution < -0.4 is 10.6 Å². The van der Waals surface area contributed by atoms with Gasteiger partial charge in [0.05, 0.1) is 5.69 Å². The molecule has 1 heterocycles. The molecule has 2 rings (SSSR count). The largest absolute Gasteiger partial charge is 0.325 e. The molecular weight excluding hydrogens is 230 g/mol. The lowest BCUT2D eigenvalue weighted by Gasteiger charge is -2.17. The van der Waals surface area contributed by atoms with Gasteiger partial charge < -0.3 is 10.6 Å². The van der Waals surface area contributed by atoms with Crippen LogP contribution in [0.25, 0.3) is 0 Å². The van der Waals surface area contributed by atoms with Crippen molar-refractivity contribution in [1.82, 2.24) is 4.98 Å². The summed E-state index contributed by atoms with van der Waals surface area (Å²) in [7, 11) is 2.04. The van der Waals surface area contributed by atoms with E-state index in [9.17, 15) is 0 Å². The fourth-order valence-electron chi connectivity index (χ4n) is 1.80. The maximum Gasteiger partial charge on any atom is 0.189 e. The van der Waals surface area contributed by atoms with Gasteiger partial charge in [-0.05, 0) is 37.1 Å². The van der Waals surface area contributed by atoms with Gasteiger partial charge >= 0.3 is 0 Å². The van der Waals surface area contributed by atoms with Crippen molar-refractivity contribution < 1.29 is 0 Å². The summed E-state index contributed by atoms with van der Waals surface area (Å²) in [5.74, 6) is 0. The lowest BCUT2D eigenvalue weighted by molar-refractivity contribution is 1.000. The molecule has 0 fully saturated rings. The molecule has 0 unspecified atom stereocenters. The number of nitrogens with two attached hydrogens (primary N) is 1. The summed E-state index contributed by atoms with van der Waals surface area (Å²) < 4.78 is 0. The minimum absolute atomic E-state index is 0.497. The van der Waals surface area contributed by atoms with E-state index in [0.717, 1.165) is 10.8 Å². The summed E-state index contributed by atoms with van der Waals surface area (Å²) in [5, 5.41) is 2.99. The first-order valence-electron chi connectivity index (χ1n) is 5.56. The van der Waals surface area contributed by atoms with Crippen molar-refractivity contribution in [2.45, 2.75) is 20.4 Å². The third kappa shape index (κ3) is 2.65. The van der Waals surface area contributed by atoms with Crippen LogP contribution in [0.2, 0.25) is 0 Å². The fraction of sp³-hybridized carbons (Fsp3) is 0.308. The molecule has 2 N–H and O–H groups in total. The highest BCUT2D eigenvalue weighted by Crippen LogP contribution is 2.28. The summed E-state index contributed by atoms with van der Waals surface area (Å²) in [5.41, 5.74) is 10.2. The quantitative estimate of drug-likeness (QED) is 0.906. The van der Waals surface area contributed by atoms with Gasteiger partial charge in [0.15, 0.2) is 5.13 Å². The number of hydrogen-bond acceptors (Lipinski definition) is 4. The lowest BCUT2D eigenvalue weighted by Crippen LogP contribution is -2.10. The van der Waals surface area contributed by atoms with Crippen molar-refractivity contribution in [3.63, 3.8) is 0 Å². The van der Waals surface area contributed by atoms with Gasteiger partial charge in [0.2, 0.25) is 0 Å². The van der Waals surface area contributed by atoms with Gasteiger partial charge in [-0.3, -0.25) is 0 Å². The van der Waals surface area contributed by atoms with E-state index < -0.39 is 0 Å². The molecule has 4 heteroatoms. The van der Waals surface area contributed by atoms with Gasteiger partial charge in [-0.2, -0.15) is 0 Å². The molecule has 0 spiro atoms. The van der Waals surface area contributed by atoms with E-state index >= 15 is 0 Å². The van der Waals surface area contributed by atoms with Gasteiger partial charge in [-0.15, -0.1) is 11.3 Å². The summed E-state index contributed by atoms with van der Waals surface area (Å²) in [6, 6.07) is 6.50. The average Bonchev–Trinajstić information content (AvgIpc) is 2.75.